The second-order valence-electron chi connectivity index (χ2n) is 18.7. The first kappa shape index (κ1) is 48.3. The number of cyclic esters (lactones) is 1. The molecule has 3 heterocycles. The number of ether oxygens (including phenoxy) is 6. The Morgan fingerprint density at radius 3 is 2.02 bits per heavy atom. The van der Waals surface area contributed by atoms with E-state index in [1.54, 1.807) is 41.7 Å². The zero-order valence-corrected chi connectivity index (χ0v) is 37.4. The van der Waals surface area contributed by atoms with Crippen LogP contribution in [0.15, 0.2) is 0 Å². The summed E-state index contributed by atoms with van der Waals surface area (Å²) in [5.41, 5.74) is -4.59. The highest BCUT2D eigenvalue weighted by Crippen LogP contribution is 2.41. The fourth-order valence-corrected chi connectivity index (χ4v) is 10.2. The lowest BCUT2D eigenvalue weighted by atomic mass is 9.74. The van der Waals surface area contributed by atoms with E-state index in [9.17, 15) is 30.0 Å². The van der Waals surface area contributed by atoms with Gasteiger partial charge in [0.2, 0.25) is 0 Å². The van der Waals surface area contributed by atoms with E-state index in [1.165, 1.54) is 13.8 Å². The minimum Gasteiger partial charge on any atom is -0.459 e. The molecule has 0 aromatic carbocycles. The highest BCUT2D eigenvalue weighted by molar-refractivity contribution is 6.69. The summed E-state index contributed by atoms with van der Waals surface area (Å²) in [5.74, 6) is -4.86. The molecule has 3 rings (SSSR count). The molecule has 0 aromatic heterocycles. The van der Waals surface area contributed by atoms with Gasteiger partial charge in [0.25, 0.3) is 0 Å². The number of Topliss-reactive ketones (excluding diaryl/α,β-unsaturated/α-hetero) is 1. The average molecular weight is 806 g/mol. The number of rotatable bonds is 9. The van der Waals surface area contributed by atoms with Gasteiger partial charge in [0.15, 0.2) is 20.9 Å². The van der Waals surface area contributed by atoms with Gasteiger partial charge in [0.1, 0.15) is 23.6 Å². The molecule has 0 aliphatic carbocycles. The normalized spacial score (nSPS) is 47.3. The molecule has 14 nitrogen and oxygen atoms in total. The second-order valence-corrected chi connectivity index (χ2v) is 23.1. The molecule has 3 aliphatic rings. The Labute approximate surface area is 331 Å². The molecule has 3 saturated heterocycles. The number of likely N-dealkylation sites (N-methyl/N-ethyl adjacent to an activating group) is 1. The van der Waals surface area contributed by atoms with Crippen LogP contribution in [0.3, 0.4) is 0 Å². The van der Waals surface area contributed by atoms with Crippen molar-refractivity contribution >= 4 is 20.1 Å². The van der Waals surface area contributed by atoms with Crippen molar-refractivity contribution in [2.24, 2.45) is 23.7 Å². The Hall–Kier alpha value is -1.08. The van der Waals surface area contributed by atoms with E-state index in [4.69, 9.17) is 32.8 Å². The maximum absolute atomic E-state index is 14.3. The van der Waals surface area contributed by atoms with Crippen LogP contribution in [0.4, 0.5) is 0 Å². The van der Waals surface area contributed by atoms with Crippen LogP contribution in [0.2, 0.25) is 19.6 Å². The van der Waals surface area contributed by atoms with E-state index in [1.807, 2.05) is 39.8 Å². The van der Waals surface area contributed by atoms with E-state index >= 15 is 0 Å². The molecule has 0 aromatic rings. The maximum atomic E-state index is 14.3. The molecule has 0 amide bonds. The van der Waals surface area contributed by atoms with Gasteiger partial charge in [-0.2, -0.15) is 0 Å². The first-order valence-electron chi connectivity index (χ1n) is 20.2. The maximum Gasteiger partial charge on any atom is 0.311 e. The largest absolute Gasteiger partial charge is 0.459 e. The summed E-state index contributed by atoms with van der Waals surface area (Å²) < 4.78 is 44.8. The molecule has 18 atom stereocenters. The first-order chi connectivity index (χ1) is 25.1. The topological polar surface area (TPSA) is 183 Å². The second kappa shape index (κ2) is 18.5. The Morgan fingerprint density at radius 2 is 1.49 bits per heavy atom. The van der Waals surface area contributed by atoms with Gasteiger partial charge >= 0.3 is 5.97 Å². The Kier molecular flexibility index (Phi) is 16.2. The summed E-state index contributed by atoms with van der Waals surface area (Å²) in [4.78, 5) is 30.1. The predicted molar refractivity (Wildman–Crippen MR) is 208 cm³/mol. The molecule has 3 fully saturated rings. The van der Waals surface area contributed by atoms with Gasteiger partial charge in [-0.15, -0.1) is 0 Å². The van der Waals surface area contributed by atoms with E-state index < -0.39 is 116 Å². The van der Waals surface area contributed by atoms with Gasteiger partial charge in [-0.25, -0.2) is 0 Å². The van der Waals surface area contributed by atoms with Crippen molar-refractivity contribution in [1.82, 2.24) is 4.90 Å². The molecule has 322 valence electrons. The van der Waals surface area contributed by atoms with Crippen molar-refractivity contribution in [2.45, 2.75) is 199 Å². The molecule has 0 spiro atoms. The highest BCUT2D eigenvalue weighted by atomic mass is 28.4. The third-order valence-corrected chi connectivity index (χ3v) is 13.2. The SMILES string of the molecule is CC[C@H]1OC(=O)[C@H](C)[C@@H](O[C@H]2C[C@@](C)(OC)[C@@H](O[Si](C)(C)C)[C@H](C)O2)[C@H](C)[C@@H](O[C@@H]2O[C@H](C)C[C@H](N(C)C)[C@H]2O)[C@](C)(O)C[C@@H](C)C(=O)[C@H](C)[C@@H](O)[C@]1(C)O. The molecule has 15 heteroatoms. The molecule has 0 saturated carbocycles. The standard InChI is InChI=1S/C40H75NO13Si/c1-17-28-40(10,47)33(44)23(4)30(42)21(2)19-38(8,46)34(53-37-31(43)27(41(11)12)18-22(3)49-37)24(5)32(25(6)36(45)51-28)52-29-20-39(9,48-13)35(26(7)50-29)54-55(14,15)16/h21-29,31-35,37,43-44,46-47H,17-20H2,1-16H3/t21-,22-,23+,24+,25-,26+,27+,28-,29+,31-,32+,33-,34-,35+,37+,38-,39-,40-/m1/s1. The average Bonchev–Trinajstić information content (AvgIpc) is 3.08. The number of nitrogens with zero attached hydrogens (tertiary/aromatic N) is 1. The van der Waals surface area contributed by atoms with Gasteiger partial charge in [0.05, 0.1) is 53.7 Å². The molecule has 55 heavy (non-hydrogen) atoms. The summed E-state index contributed by atoms with van der Waals surface area (Å²) in [7, 11) is 3.30. The lowest BCUT2D eigenvalue weighted by molar-refractivity contribution is -0.316. The van der Waals surface area contributed by atoms with Gasteiger partial charge < -0.3 is 58.2 Å². The third kappa shape index (κ3) is 11.2. The number of ketones is 1. The Bertz CT molecular complexity index is 1280. The van der Waals surface area contributed by atoms with Crippen LogP contribution in [-0.2, 0) is 42.4 Å². The summed E-state index contributed by atoms with van der Waals surface area (Å²) in [6, 6.07) is -0.315. The quantitative estimate of drug-likeness (QED) is 0.196. The van der Waals surface area contributed by atoms with Gasteiger partial charge in [-0.1, -0.05) is 27.7 Å². The van der Waals surface area contributed by atoms with Crippen molar-refractivity contribution in [1.29, 1.82) is 0 Å². The Morgan fingerprint density at radius 1 is 0.891 bits per heavy atom. The monoisotopic (exact) mass is 806 g/mol. The van der Waals surface area contributed by atoms with Crippen LogP contribution in [0.5, 0.6) is 0 Å². The van der Waals surface area contributed by atoms with Crippen molar-refractivity contribution in [3.63, 3.8) is 0 Å². The summed E-state index contributed by atoms with van der Waals surface area (Å²) >= 11 is 0. The molecule has 0 bridgehead atoms. The van der Waals surface area contributed by atoms with Crippen LogP contribution in [-0.4, -0.2) is 151 Å². The zero-order valence-electron chi connectivity index (χ0n) is 36.4. The number of hydrogen-bond acceptors (Lipinski definition) is 14. The molecular weight excluding hydrogens is 731 g/mol. The molecule has 0 radical (unpaired) electrons. The van der Waals surface area contributed by atoms with Crippen molar-refractivity contribution < 1.29 is 62.9 Å². The number of aliphatic hydroxyl groups excluding tert-OH is 2. The van der Waals surface area contributed by atoms with Crippen molar-refractivity contribution in [3.8, 4) is 0 Å². The predicted octanol–water partition coefficient (Wildman–Crippen LogP) is 3.64. The minimum absolute atomic E-state index is 0.118. The smallest absolute Gasteiger partial charge is 0.311 e. The summed E-state index contributed by atoms with van der Waals surface area (Å²) in [5, 5.41) is 47.1. The number of carbonyl (C=O) groups is 2. The Balaban J connectivity index is 2.19. The van der Waals surface area contributed by atoms with Crippen LogP contribution in [0, 0.1) is 23.7 Å². The van der Waals surface area contributed by atoms with Gasteiger partial charge in [-0.3, -0.25) is 9.59 Å². The van der Waals surface area contributed by atoms with E-state index in [0.29, 0.717) is 6.42 Å². The van der Waals surface area contributed by atoms with Gasteiger partial charge in [0, 0.05) is 37.3 Å². The van der Waals surface area contributed by atoms with Crippen LogP contribution in [0.1, 0.15) is 94.9 Å². The minimum atomic E-state index is -2.04. The lowest BCUT2D eigenvalue weighted by Crippen LogP contribution is -2.62. The number of methoxy groups -OCH3 is 1. The third-order valence-electron chi connectivity index (χ3n) is 12.3. The number of aliphatic hydroxyl groups is 4. The molecule has 3 aliphatic heterocycles. The number of hydrogen-bond donors (Lipinski definition) is 4. The highest BCUT2D eigenvalue weighted by Gasteiger charge is 2.54. The molecule has 0 unspecified atom stereocenters. The fraction of sp³-hybridized carbons (Fsp3) is 0.950. The number of carbonyl (C=O) groups excluding carboxylic acids is 2. The number of esters is 1. The molecular formula is C40H75NO13Si. The zero-order chi connectivity index (χ0) is 42.2. The van der Waals surface area contributed by atoms with Crippen LogP contribution >= 0.6 is 0 Å². The van der Waals surface area contributed by atoms with Crippen molar-refractivity contribution in [3.05, 3.63) is 0 Å². The van der Waals surface area contributed by atoms with E-state index in [-0.39, 0.29) is 31.4 Å². The van der Waals surface area contributed by atoms with Gasteiger partial charge in [-0.05, 0) is 94.5 Å². The summed E-state index contributed by atoms with van der Waals surface area (Å²) in [6.07, 6.45) is -8.52. The molecule has 4 N–H and O–H groups in total. The van der Waals surface area contributed by atoms with Crippen LogP contribution < -0.4 is 0 Å². The first-order valence-corrected chi connectivity index (χ1v) is 23.6. The van der Waals surface area contributed by atoms with E-state index in [2.05, 4.69) is 19.6 Å². The fourth-order valence-electron chi connectivity index (χ4n) is 9.00. The van der Waals surface area contributed by atoms with Crippen molar-refractivity contribution in [2.75, 3.05) is 21.2 Å². The summed E-state index contributed by atoms with van der Waals surface area (Å²) in [6.45, 7) is 23.3. The lowest BCUT2D eigenvalue weighted by Gasteiger charge is -2.50. The van der Waals surface area contributed by atoms with Crippen LogP contribution in [0.25, 0.3) is 0 Å². The van der Waals surface area contributed by atoms with E-state index in [0.717, 1.165) is 0 Å².